The Morgan fingerprint density at radius 3 is 2.37 bits per heavy atom. The molecular formula is C15H30N2O2. The molecule has 1 aliphatic carbocycles. The van der Waals surface area contributed by atoms with E-state index in [4.69, 9.17) is 4.74 Å². The lowest BCUT2D eigenvalue weighted by Gasteiger charge is -2.37. The Morgan fingerprint density at radius 1 is 1.42 bits per heavy atom. The van der Waals surface area contributed by atoms with Crippen LogP contribution in [0.4, 0.5) is 0 Å². The molecule has 1 N–H and O–H groups in total. The summed E-state index contributed by atoms with van der Waals surface area (Å²) in [6.45, 7) is 7.41. The van der Waals surface area contributed by atoms with Gasteiger partial charge in [0.2, 0.25) is 0 Å². The lowest BCUT2D eigenvalue weighted by atomic mass is 9.91. The highest BCUT2D eigenvalue weighted by atomic mass is 16.5. The van der Waals surface area contributed by atoms with Crippen molar-refractivity contribution in [3.05, 3.63) is 0 Å². The molecule has 2 atom stereocenters. The average Bonchev–Trinajstić information content (AvgIpc) is 3.18. The van der Waals surface area contributed by atoms with Crippen LogP contribution < -0.4 is 5.32 Å². The SMILES string of the molecule is CNC(CN(C)C(C)CC(C)C)(C(=O)OC)C1CC1. The Morgan fingerprint density at radius 2 is 2.00 bits per heavy atom. The van der Waals surface area contributed by atoms with Gasteiger partial charge in [-0.25, -0.2) is 4.79 Å². The normalized spacial score (nSPS) is 20.4. The van der Waals surface area contributed by atoms with Gasteiger partial charge in [0, 0.05) is 12.6 Å². The van der Waals surface area contributed by atoms with Crippen LogP contribution in [0.25, 0.3) is 0 Å². The molecule has 0 aromatic rings. The minimum atomic E-state index is -0.533. The van der Waals surface area contributed by atoms with Gasteiger partial charge in [-0.05, 0) is 52.1 Å². The van der Waals surface area contributed by atoms with Gasteiger partial charge in [-0.2, -0.15) is 0 Å². The number of hydrogen-bond acceptors (Lipinski definition) is 4. The molecule has 2 unspecified atom stereocenters. The van der Waals surface area contributed by atoms with Gasteiger partial charge in [0.15, 0.2) is 0 Å². The molecule has 1 aliphatic rings. The maximum atomic E-state index is 12.2. The predicted octanol–water partition coefficient (Wildman–Crippen LogP) is 1.89. The van der Waals surface area contributed by atoms with Crippen LogP contribution in [0.5, 0.6) is 0 Å². The lowest BCUT2D eigenvalue weighted by molar-refractivity contribution is -0.150. The van der Waals surface area contributed by atoms with Crippen LogP contribution in [-0.2, 0) is 9.53 Å². The Hall–Kier alpha value is -0.610. The second kappa shape index (κ2) is 6.71. The molecule has 19 heavy (non-hydrogen) atoms. The molecule has 1 saturated carbocycles. The van der Waals surface area contributed by atoms with E-state index in [2.05, 4.69) is 38.0 Å². The standard InChI is InChI=1S/C15H30N2O2/c1-11(2)9-12(3)17(5)10-15(16-4,13-7-8-13)14(18)19-6/h11-13,16H,7-10H2,1-6H3. The van der Waals surface area contributed by atoms with Crippen LogP contribution in [0.1, 0.15) is 40.0 Å². The minimum absolute atomic E-state index is 0.124. The summed E-state index contributed by atoms with van der Waals surface area (Å²) in [5.74, 6) is 0.959. The largest absolute Gasteiger partial charge is 0.468 e. The van der Waals surface area contributed by atoms with Crippen molar-refractivity contribution in [2.75, 3.05) is 27.7 Å². The van der Waals surface area contributed by atoms with Gasteiger partial charge in [0.05, 0.1) is 7.11 Å². The molecule has 0 aromatic heterocycles. The highest BCUT2D eigenvalue weighted by Gasteiger charge is 2.51. The second-order valence-electron chi connectivity index (χ2n) is 6.38. The van der Waals surface area contributed by atoms with E-state index < -0.39 is 5.54 Å². The van der Waals surface area contributed by atoms with E-state index in [9.17, 15) is 4.79 Å². The number of likely N-dealkylation sites (N-methyl/N-ethyl adjacent to an activating group) is 2. The summed E-state index contributed by atoms with van der Waals surface area (Å²) in [4.78, 5) is 14.5. The van der Waals surface area contributed by atoms with Crippen LogP contribution in [-0.4, -0.2) is 50.2 Å². The lowest BCUT2D eigenvalue weighted by Crippen LogP contribution is -2.60. The molecule has 0 saturated heterocycles. The molecule has 1 rings (SSSR count). The zero-order valence-electron chi connectivity index (χ0n) is 13.3. The van der Waals surface area contributed by atoms with Gasteiger partial charge < -0.3 is 15.0 Å². The highest BCUT2D eigenvalue weighted by Crippen LogP contribution is 2.41. The quantitative estimate of drug-likeness (QED) is 0.684. The van der Waals surface area contributed by atoms with Crippen LogP contribution >= 0.6 is 0 Å². The van der Waals surface area contributed by atoms with Crippen LogP contribution in [0.3, 0.4) is 0 Å². The predicted molar refractivity (Wildman–Crippen MR) is 78.1 cm³/mol. The first-order valence-corrected chi connectivity index (χ1v) is 7.35. The second-order valence-corrected chi connectivity index (χ2v) is 6.38. The first-order chi connectivity index (χ1) is 8.87. The zero-order valence-corrected chi connectivity index (χ0v) is 13.3. The smallest absolute Gasteiger partial charge is 0.327 e. The number of esters is 1. The number of nitrogens with one attached hydrogen (secondary N) is 1. The molecular weight excluding hydrogens is 240 g/mol. The minimum Gasteiger partial charge on any atom is -0.468 e. The fourth-order valence-electron chi connectivity index (χ4n) is 2.92. The molecule has 1 fully saturated rings. The summed E-state index contributed by atoms with van der Waals surface area (Å²) < 4.78 is 5.04. The molecule has 0 aliphatic heterocycles. The summed E-state index contributed by atoms with van der Waals surface area (Å²) in [5, 5.41) is 3.25. The van der Waals surface area contributed by atoms with Crippen molar-refractivity contribution in [2.45, 2.75) is 51.6 Å². The van der Waals surface area contributed by atoms with Crippen molar-refractivity contribution in [1.29, 1.82) is 0 Å². The van der Waals surface area contributed by atoms with Crippen molar-refractivity contribution in [3.8, 4) is 0 Å². The van der Waals surface area contributed by atoms with Crippen molar-refractivity contribution >= 4 is 5.97 Å². The van der Waals surface area contributed by atoms with E-state index in [0.29, 0.717) is 24.4 Å². The molecule has 0 radical (unpaired) electrons. The molecule has 0 heterocycles. The summed E-state index contributed by atoms with van der Waals surface area (Å²) >= 11 is 0. The van der Waals surface area contributed by atoms with E-state index >= 15 is 0 Å². The number of hydrogen-bond donors (Lipinski definition) is 1. The maximum Gasteiger partial charge on any atom is 0.327 e. The zero-order chi connectivity index (χ0) is 14.6. The van der Waals surface area contributed by atoms with E-state index in [1.807, 2.05) is 7.05 Å². The molecule has 4 heteroatoms. The average molecular weight is 270 g/mol. The van der Waals surface area contributed by atoms with E-state index in [1.54, 1.807) is 0 Å². The van der Waals surface area contributed by atoms with Crippen molar-refractivity contribution in [3.63, 3.8) is 0 Å². The summed E-state index contributed by atoms with van der Waals surface area (Å²) in [7, 11) is 5.45. The topological polar surface area (TPSA) is 41.6 Å². The van der Waals surface area contributed by atoms with E-state index in [-0.39, 0.29) is 5.97 Å². The highest BCUT2D eigenvalue weighted by molar-refractivity contribution is 5.82. The van der Waals surface area contributed by atoms with Gasteiger partial charge in [-0.1, -0.05) is 13.8 Å². The number of methoxy groups -OCH3 is 1. The first kappa shape index (κ1) is 16.4. The fraction of sp³-hybridized carbons (Fsp3) is 0.933. The third-order valence-electron chi connectivity index (χ3n) is 4.33. The number of ether oxygens (including phenoxy) is 1. The fourth-order valence-corrected chi connectivity index (χ4v) is 2.92. The van der Waals surface area contributed by atoms with Crippen LogP contribution in [0.2, 0.25) is 0 Å². The molecule has 4 nitrogen and oxygen atoms in total. The Balaban J connectivity index is 2.74. The van der Waals surface area contributed by atoms with Gasteiger partial charge in [0.1, 0.15) is 5.54 Å². The number of carbonyl (C=O) groups is 1. The Kier molecular flexibility index (Phi) is 5.81. The van der Waals surface area contributed by atoms with Gasteiger partial charge >= 0.3 is 5.97 Å². The Bertz CT molecular complexity index is 303. The van der Waals surface area contributed by atoms with Crippen LogP contribution in [0.15, 0.2) is 0 Å². The summed E-state index contributed by atoms with van der Waals surface area (Å²) in [6.07, 6.45) is 3.37. The summed E-state index contributed by atoms with van der Waals surface area (Å²) in [5.41, 5.74) is -0.533. The van der Waals surface area contributed by atoms with Gasteiger partial charge in [0.25, 0.3) is 0 Å². The molecule has 0 aromatic carbocycles. The molecule has 0 spiro atoms. The first-order valence-electron chi connectivity index (χ1n) is 7.35. The van der Waals surface area contributed by atoms with Gasteiger partial charge in [-0.3, -0.25) is 0 Å². The Labute approximate surface area is 117 Å². The van der Waals surface area contributed by atoms with E-state index in [1.165, 1.54) is 7.11 Å². The molecule has 112 valence electrons. The monoisotopic (exact) mass is 270 g/mol. The third-order valence-corrected chi connectivity index (χ3v) is 4.33. The third kappa shape index (κ3) is 3.93. The number of rotatable bonds is 8. The van der Waals surface area contributed by atoms with E-state index in [0.717, 1.165) is 19.3 Å². The molecule has 0 bridgehead atoms. The van der Waals surface area contributed by atoms with Gasteiger partial charge in [-0.15, -0.1) is 0 Å². The van der Waals surface area contributed by atoms with Crippen molar-refractivity contribution < 1.29 is 9.53 Å². The number of carbonyl (C=O) groups excluding carboxylic acids is 1. The van der Waals surface area contributed by atoms with Crippen molar-refractivity contribution in [1.82, 2.24) is 10.2 Å². The number of nitrogens with zero attached hydrogens (tertiary/aromatic N) is 1. The summed E-state index contributed by atoms with van der Waals surface area (Å²) in [6, 6.07) is 0.469. The maximum absolute atomic E-state index is 12.2. The van der Waals surface area contributed by atoms with Crippen molar-refractivity contribution in [2.24, 2.45) is 11.8 Å². The van der Waals surface area contributed by atoms with Crippen LogP contribution in [0, 0.1) is 11.8 Å². The molecule has 0 amide bonds.